The van der Waals surface area contributed by atoms with Crippen LogP contribution in [0, 0.1) is 0 Å². The van der Waals surface area contributed by atoms with Crippen molar-refractivity contribution in [2.75, 3.05) is 19.6 Å². The van der Waals surface area contributed by atoms with Crippen LogP contribution in [-0.2, 0) is 0 Å². The van der Waals surface area contributed by atoms with Gasteiger partial charge in [0.05, 0.1) is 0 Å². The molecule has 1 unspecified atom stereocenters. The van der Waals surface area contributed by atoms with Gasteiger partial charge in [-0.15, -0.1) is 6.58 Å². The van der Waals surface area contributed by atoms with Gasteiger partial charge in [-0.2, -0.15) is 0 Å². The minimum Gasteiger partial charge on any atom is -0.312 e. The lowest BCUT2D eigenvalue weighted by molar-refractivity contribution is 0.0911. The molecule has 17 heavy (non-hydrogen) atoms. The molecule has 0 aliphatic carbocycles. The molecule has 0 saturated carbocycles. The summed E-state index contributed by atoms with van der Waals surface area (Å²) in [5, 5.41) is 3.69. The monoisotopic (exact) mass is 240 g/mol. The van der Waals surface area contributed by atoms with Crippen LogP contribution in [0.5, 0.6) is 0 Å². The molecule has 2 heteroatoms. The quantitative estimate of drug-likeness (QED) is 0.621. The Bertz CT molecular complexity index is 217. The summed E-state index contributed by atoms with van der Waals surface area (Å²) in [6, 6.07) is 0.486. The first-order valence-corrected chi connectivity index (χ1v) is 7.02. The lowest BCUT2D eigenvalue weighted by atomic mass is 9.87. The maximum atomic E-state index is 4.07. The fraction of sp³-hybridized carbons (Fsp3) is 0.867. The largest absolute Gasteiger partial charge is 0.312 e. The van der Waals surface area contributed by atoms with Crippen LogP contribution in [0.3, 0.4) is 0 Å². The minimum absolute atomic E-state index is 0.178. The Labute approximate surface area is 108 Å². The van der Waals surface area contributed by atoms with Crippen molar-refractivity contribution in [2.24, 2.45) is 0 Å². The summed E-state index contributed by atoms with van der Waals surface area (Å²) in [4.78, 5) is 2.53. The summed E-state index contributed by atoms with van der Waals surface area (Å²) in [5.74, 6) is 0. The molecule has 0 aromatic carbocycles. The van der Waals surface area contributed by atoms with Crippen LogP contribution in [0.2, 0.25) is 0 Å². The van der Waals surface area contributed by atoms with Gasteiger partial charge in [-0.3, -0.25) is 4.90 Å². The molecule has 0 aromatic rings. The number of rotatable bonds is 9. The van der Waals surface area contributed by atoms with Crippen LogP contribution in [0.1, 0.15) is 54.4 Å². The number of likely N-dealkylation sites (N-methyl/N-ethyl adjacent to an activating group) is 1. The van der Waals surface area contributed by atoms with E-state index in [1.54, 1.807) is 0 Å². The smallest absolute Gasteiger partial charge is 0.0309 e. The van der Waals surface area contributed by atoms with Crippen LogP contribution in [0.4, 0.5) is 0 Å². The van der Waals surface area contributed by atoms with Crippen LogP contribution >= 0.6 is 0 Å². The van der Waals surface area contributed by atoms with Crippen LogP contribution < -0.4 is 5.32 Å². The van der Waals surface area contributed by atoms with E-state index in [4.69, 9.17) is 0 Å². The van der Waals surface area contributed by atoms with E-state index in [1.165, 1.54) is 12.0 Å². The van der Waals surface area contributed by atoms with E-state index in [0.29, 0.717) is 6.04 Å². The third-order valence-electron chi connectivity index (χ3n) is 3.62. The summed E-state index contributed by atoms with van der Waals surface area (Å²) in [6.45, 7) is 20.9. The first kappa shape index (κ1) is 16.7. The maximum Gasteiger partial charge on any atom is 0.0309 e. The first-order valence-electron chi connectivity index (χ1n) is 7.02. The topological polar surface area (TPSA) is 15.3 Å². The predicted octanol–water partition coefficient (Wildman–Crippen LogP) is 3.44. The van der Waals surface area contributed by atoms with Gasteiger partial charge in [0.1, 0.15) is 0 Å². The Morgan fingerprint density at radius 2 is 1.76 bits per heavy atom. The van der Waals surface area contributed by atoms with Crippen molar-refractivity contribution in [3.05, 3.63) is 12.2 Å². The highest BCUT2D eigenvalue weighted by Gasteiger charge is 2.33. The second kappa shape index (κ2) is 7.88. The first-order chi connectivity index (χ1) is 7.89. The molecule has 0 spiro atoms. The summed E-state index contributed by atoms with van der Waals surface area (Å²) >= 11 is 0. The third-order valence-corrected chi connectivity index (χ3v) is 3.62. The fourth-order valence-electron chi connectivity index (χ4n) is 2.50. The highest BCUT2D eigenvalue weighted by Crippen LogP contribution is 2.23. The van der Waals surface area contributed by atoms with Gasteiger partial charge in [0.15, 0.2) is 0 Å². The number of nitrogens with one attached hydrogen (secondary N) is 1. The summed E-state index contributed by atoms with van der Waals surface area (Å²) < 4.78 is 0. The van der Waals surface area contributed by atoms with Gasteiger partial charge in [-0.05, 0) is 53.2 Å². The Kier molecular flexibility index (Phi) is 7.73. The second-order valence-electron chi connectivity index (χ2n) is 5.49. The molecular weight excluding hydrogens is 208 g/mol. The molecule has 0 radical (unpaired) electrons. The van der Waals surface area contributed by atoms with E-state index in [1.807, 2.05) is 0 Å². The molecule has 0 saturated heterocycles. The molecule has 0 fully saturated rings. The van der Waals surface area contributed by atoms with Crippen LogP contribution in [0.25, 0.3) is 0 Å². The van der Waals surface area contributed by atoms with Gasteiger partial charge in [-0.1, -0.05) is 26.3 Å². The van der Waals surface area contributed by atoms with E-state index < -0.39 is 0 Å². The predicted molar refractivity (Wildman–Crippen MR) is 78.5 cm³/mol. The highest BCUT2D eigenvalue weighted by molar-refractivity contribution is 5.02. The summed E-state index contributed by atoms with van der Waals surface area (Å²) in [6.07, 6.45) is 2.24. The van der Waals surface area contributed by atoms with E-state index in [9.17, 15) is 0 Å². The zero-order chi connectivity index (χ0) is 13.5. The SMILES string of the molecule is C=C(C)CC(NCCC)C(C)(C)N(CC)CC. The van der Waals surface area contributed by atoms with Gasteiger partial charge in [0.25, 0.3) is 0 Å². The Morgan fingerprint density at radius 3 is 2.12 bits per heavy atom. The summed E-state index contributed by atoms with van der Waals surface area (Å²) in [5.41, 5.74) is 1.44. The van der Waals surface area contributed by atoms with Crippen molar-refractivity contribution in [1.82, 2.24) is 10.2 Å². The van der Waals surface area contributed by atoms with Gasteiger partial charge in [-0.25, -0.2) is 0 Å². The van der Waals surface area contributed by atoms with E-state index in [2.05, 4.69) is 58.3 Å². The normalized spacial score (nSPS) is 14.1. The highest BCUT2D eigenvalue weighted by atomic mass is 15.2. The zero-order valence-electron chi connectivity index (χ0n) is 12.8. The maximum absolute atomic E-state index is 4.07. The average Bonchev–Trinajstić information content (AvgIpc) is 2.24. The molecule has 0 rings (SSSR count). The molecule has 0 heterocycles. The molecular formula is C15H32N2. The lowest BCUT2D eigenvalue weighted by Crippen LogP contribution is -2.57. The molecule has 102 valence electrons. The second-order valence-corrected chi connectivity index (χ2v) is 5.49. The summed E-state index contributed by atoms with van der Waals surface area (Å²) in [7, 11) is 0. The standard InChI is InChI=1S/C15H32N2/c1-8-11-16-14(12-13(4)5)15(6,7)17(9-2)10-3/h14,16H,4,8-12H2,1-3,5-7H3. The van der Waals surface area contributed by atoms with Crippen LogP contribution in [-0.4, -0.2) is 36.1 Å². The lowest BCUT2D eigenvalue weighted by Gasteiger charge is -2.44. The number of nitrogens with zero attached hydrogens (tertiary/aromatic N) is 1. The van der Waals surface area contributed by atoms with Crippen molar-refractivity contribution in [1.29, 1.82) is 0 Å². The molecule has 0 aliphatic rings. The van der Waals surface area contributed by atoms with Gasteiger partial charge >= 0.3 is 0 Å². The fourth-order valence-corrected chi connectivity index (χ4v) is 2.50. The number of hydrogen-bond acceptors (Lipinski definition) is 2. The van der Waals surface area contributed by atoms with Crippen molar-refractivity contribution in [3.8, 4) is 0 Å². The van der Waals surface area contributed by atoms with E-state index in [0.717, 1.165) is 26.1 Å². The van der Waals surface area contributed by atoms with E-state index in [-0.39, 0.29) is 5.54 Å². The van der Waals surface area contributed by atoms with Crippen molar-refractivity contribution >= 4 is 0 Å². The minimum atomic E-state index is 0.178. The van der Waals surface area contributed by atoms with Gasteiger partial charge in [0.2, 0.25) is 0 Å². The van der Waals surface area contributed by atoms with Crippen molar-refractivity contribution in [3.63, 3.8) is 0 Å². The number of hydrogen-bond donors (Lipinski definition) is 1. The molecule has 0 amide bonds. The molecule has 0 aromatic heterocycles. The van der Waals surface area contributed by atoms with Gasteiger partial charge in [0, 0.05) is 11.6 Å². The molecule has 2 nitrogen and oxygen atoms in total. The molecule has 0 bridgehead atoms. The van der Waals surface area contributed by atoms with Crippen molar-refractivity contribution < 1.29 is 0 Å². The van der Waals surface area contributed by atoms with Gasteiger partial charge < -0.3 is 5.32 Å². The zero-order valence-corrected chi connectivity index (χ0v) is 12.8. The van der Waals surface area contributed by atoms with E-state index >= 15 is 0 Å². The molecule has 0 aliphatic heterocycles. The average molecular weight is 240 g/mol. The Balaban J connectivity index is 4.78. The Morgan fingerprint density at radius 1 is 1.24 bits per heavy atom. The third kappa shape index (κ3) is 5.22. The molecule has 1 atom stereocenters. The Hall–Kier alpha value is -0.340. The molecule has 1 N–H and O–H groups in total. The van der Waals surface area contributed by atoms with Crippen molar-refractivity contribution in [2.45, 2.75) is 66.0 Å². The van der Waals surface area contributed by atoms with Crippen LogP contribution in [0.15, 0.2) is 12.2 Å².